The van der Waals surface area contributed by atoms with Crippen molar-refractivity contribution in [2.45, 2.75) is 18.2 Å². The second kappa shape index (κ2) is 7.44. The summed E-state index contributed by atoms with van der Waals surface area (Å²) in [5.41, 5.74) is 8.21. The lowest BCUT2D eigenvalue weighted by molar-refractivity contribution is -0.144. The summed E-state index contributed by atoms with van der Waals surface area (Å²) in [7, 11) is -4.89. The van der Waals surface area contributed by atoms with Crippen molar-refractivity contribution in [2.75, 3.05) is 0 Å². The van der Waals surface area contributed by atoms with Crippen LogP contribution in [0.5, 0.6) is 11.8 Å². The van der Waals surface area contributed by atoms with Gasteiger partial charge in [-0.1, -0.05) is 17.2 Å². The molecular formula is C16H12N4O9S. The third-order valence-electron chi connectivity index (χ3n) is 4.10. The highest BCUT2D eigenvalue weighted by Crippen LogP contribution is 2.30. The maximum Gasteiger partial charge on any atom is 0.340 e. The molecule has 14 heteroatoms. The Balaban J connectivity index is 1.94. The van der Waals surface area contributed by atoms with E-state index in [4.69, 9.17) is 19.3 Å². The van der Waals surface area contributed by atoms with E-state index < -0.39 is 44.8 Å². The number of benzene rings is 1. The first-order valence-corrected chi connectivity index (χ1v) is 9.40. The molecule has 0 bridgehead atoms. The molecule has 156 valence electrons. The van der Waals surface area contributed by atoms with Crippen molar-refractivity contribution in [1.82, 2.24) is 4.73 Å². The minimum absolute atomic E-state index is 0.0790. The van der Waals surface area contributed by atoms with E-state index in [0.29, 0.717) is 17.0 Å². The third kappa shape index (κ3) is 3.77. The van der Waals surface area contributed by atoms with E-state index in [2.05, 4.69) is 10.0 Å². The third-order valence-corrected chi connectivity index (χ3v) is 4.96. The Kier molecular flexibility index (Phi) is 5.14. The van der Waals surface area contributed by atoms with Crippen LogP contribution in [0.2, 0.25) is 0 Å². The highest BCUT2D eigenvalue weighted by atomic mass is 32.2. The number of carbonyl (C=O) groups excluding carboxylic acids is 1. The smallest absolute Gasteiger partial charge is 0.340 e. The zero-order chi connectivity index (χ0) is 22.2. The summed E-state index contributed by atoms with van der Waals surface area (Å²) in [4.78, 5) is 30.7. The van der Waals surface area contributed by atoms with Gasteiger partial charge in [-0.15, -0.1) is 4.73 Å². The summed E-state index contributed by atoms with van der Waals surface area (Å²) >= 11 is 0. The van der Waals surface area contributed by atoms with E-state index in [-0.39, 0.29) is 21.6 Å². The predicted molar refractivity (Wildman–Crippen MR) is 98.9 cm³/mol. The molecule has 30 heavy (non-hydrogen) atoms. The number of nitrogens with zero attached hydrogens (tertiary/aromatic N) is 4. The number of aromatic hydroxyl groups is 2. The van der Waals surface area contributed by atoms with Crippen LogP contribution >= 0.6 is 0 Å². The molecule has 3 aromatic rings. The summed E-state index contributed by atoms with van der Waals surface area (Å²) in [6.07, 6.45) is -0.652. The first-order valence-electron chi connectivity index (χ1n) is 7.96. The minimum Gasteiger partial charge on any atom is -0.492 e. The fourth-order valence-corrected chi connectivity index (χ4v) is 3.28. The van der Waals surface area contributed by atoms with Crippen LogP contribution < -0.4 is 10.5 Å². The van der Waals surface area contributed by atoms with Crippen molar-refractivity contribution < 1.29 is 37.2 Å². The quantitative estimate of drug-likeness (QED) is 0.175. The number of carbonyl (C=O) groups is 1. The summed E-state index contributed by atoms with van der Waals surface area (Å²) in [5, 5.41) is 23.3. The molecule has 2 aromatic heterocycles. The molecule has 0 spiro atoms. The second-order valence-corrected chi connectivity index (χ2v) is 7.35. The van der Waals surface area contributed by atoms with Gasteiger partial charge in [-0.05, 0) is 24.1 Å². The van der Waals surface area contributed by atoms with Gasteiger partial charge in [0.15, 0.2) is 4.90 Å². The Hall–Kier alpha value is -4.00. The zero-order valence-electron chi connectivity index (χ0n) is 15.0. The Labute approximate surface area is 166 Å². The van der Waals surface area contributed by atoms with Crippen LogP contribution in [0.15, 0.2) is 43.5 Å². The number of fused-ring (bicyclic) bond motifs is 1. The van der Waals surface area contributed by atoms with Crippen LogP contribution in [0.4, 0.5) is 5.69 Å². The Morgan fingerprint density at radius 1 is 1.33 bits per heavy atom. The number of aryl methyl sites for hydroxylation is 1. The van der Waals surface area contributed by atoms with Gasteiger partial charge in [-0.25, -0.2) is 9.59 Å². The second-order valence-electron chi connectivity index (χ2n) is 5.96. The van der Waals surface area contributed by atoms with Crippen molar-refractivity contribution in [3.8, 4) is 11.8 Å². The molecule has 0 atom stereocenters. The molecule has 0 fully saturated rings. The molecule has 0 aliphatic rings. The molecule has 0 unspecified atom stereocenters. The largest absolute Gasteiger partial charge is 0.492 e. The van der Waals surface area contributed by atoms with Gasteiger partial charge in [-0.3, -0.25) is 4.55 Å². The monoisotopic (exact) mass is 436 g/mol. The van der Waals surface area contributed by atoms with Gasteiger partial charge < -0.3 is 19.5 Å². The number of hydrogen-bond acceptors (Lipinski definition) is 9. The Morgan fingerprint density at radius 3 is 2.63 bits per heavy atom. The lowest BCUT2D eigenvalue weighted by Crippen LogP contribution is -2.24. The normalized spacial score (nSPS) is 11.3. The maximum atomic E-state index is 12.3. The zero-order valence-corrected chi connectivity index (χ0v) is 15.8. The van der Waals surface area contributed by atoms with Gasteiger partial charge in [0, 0.05) is 22.1 Å². The summed E-state index contributed by atoms with van der Waals surface area (Å²) in [6, 6.07) is 4.81. The van der Waals surface area contributed by atoms with Crippen LogP contribution in [-0.2, 0) is 21.3 Å². The van der Waals surface area contributed by atoms with Gasteiger partial charge in [0.2, 0.25) is 5.88 Å². The van der Waals surface area contributed by atoms with Crippen LogP contribution in [-0.4, -0.2) is 33.9 Å². The van der Waals surface area contributed by atoms with E-state index >= 15 is 0 Å². The molecular weight excluding hydrogens is 424 g/mol. The minimum atomic E-state index is -4.89. The van der Waals surface area contributed by atoms with E-state index in [9.17, 15) is 28.2 Å². The summed E-state index contributed by atoms with van der Waals surface area (Å²) in [6.45, 7) is 1.54. The van der Waals surface area contributed by atoms with Gasteiger partial charge >= 0.3 is 11.6 Å². The summed E-state index contributed by atoms with van der Waals surface area (Å²) < 4.78 is 36.4. The van der Waals surface area contributed by atoms with E-state index in [1.165, 1.54) is 25.1 Å². The van der Waals surface area contributed by atoms with Crippen LogP contribution in [0, 0.1) is 6.92 Å². The van der Waals surface area contributed by atoms with Gasteiger partial charge in [0.05, 0.1) is 12.0 Å². The van der Waals surface area contributed by atoms with Crippen molar-refractivity contribution in [3.05, 3.63) is 56.3 Å². The van der Waals surface area contributed by atoms with Gasteiger partial charge in [0.25, 0.3) is 16.0 Å². The maximum absolute atomic E-state index is 12.3. The molecule has 0 aliphatic carbocycles. The molecule has 1 aromatic carbocycles. The molecule has 0 radical (unpaired) electrons. The summed E-state index contributed by atoms with van der Waals surface area (Å²) in [5.74, 6) is -3.38. The van der Waals surface area contributed by atoms with Gasteiger partial charge in [0.1, 0.15) is 5.58 Å². The lowest BCUT2D eigenvalue weighted by Gasteiger charge is -2.09. The fourth-order valence-electron chi connectivity index (χ4n) is 2.71. The highest BCUT2D eigenvalue weighted by molar-refractivity contribution is 7.86. The lowest BCUT2D eigenvalue weighted by atomic mass is 10.0. The first-order chi connectivity index (χ1) is 14.0. The SMILES string of the molecule is Cc1c(CC(=O)On2c(O)cc(S(=O)(=O)O)c2O)c(=O)oc2cc(N=[N+]=[N-])ccc12. The molecule has 2 heterocycles. The van der Waals surface area contributed by atoms with Crippen molar-refractivity contribution >= 4 is 32.7 Å². The van der Waals surface area contributed by atoms with Crippen molar-refractivity contribution in [3.63, 3.8) is 0 Å². The van der Waals surface area contributed by atoms with Crippen LogP contribution in [0.3, 0.4) is 0 Å². The molecule has 0 saturated heterocycles. The first kappa shape index (κ1) is 20.7. The topological polar surface area (TPSA) is 205 Å². The molecule has 3 N–H and O–H groups in total. The van der Waals surface area contributed by atoms with Gasteiger partial charge in [-0.2, -0.15) is 8.42 Å². The van der Waals surface area contributed by atoms with E-state index in [1.54, 1.807) is 0 Å². The van der Waals surface area contributed by atoms with Crippen molar-refractivity contribution in [1.29, 1.82) is 0 Å². The van der Waals surface area contributed by atoms with E-state index in [0.717, 1.165) is 0 Å². The van der Waals surface area contributed by atoms with Crippen LogP contribution in [0.1, 0.15) is 11.1 Å². The number of rotatable bonds is 5. The van der Waals surface area contributed by atoms with Crippen LogP contribution in [0.25, 0.3) is 21.4 Å². The standard InChI is InChI=1S/C16H12N4O9S/c1-7-9-3-2-8(18-19-17)4-11(9)28-16(24)10(7)5-14(22)29-20-13(21)6-12(15(20)23)30(25,26)27/h2-4,6,21,23H,5H2,1H3,(H,25,26,27). The molecule has 13 nitrogen and oxygen atoms in total. The average molecular weight is 436 g/mol. The predicted octanol–water partition coefficient (Wildman–Crippen LogP) is 1.70. The average Bonchev–Trinajstić information content (AvgIpc) is 2.93. The highest BCUT2D eigenvalue weighted by Gasteiger charge is 2.26. The molecule has 3 rings (SSSR count). The number of aromatic nitrogens is 1. The fraction of sp³-hybridized carbons (Fsp3) is 0.125. The number of hydrogen-bond donors (Lipinski definition) is 3. The molecule has 0 amide bonds. The number of azide groups is 1. The Morgan fingerprint density at radius 2 is 2.03 bits per heavy atom. The molecule has 0 saturated carbocycles. The van der Waals surface area contributed by atoms with E-state index in [1.807, 2.05) is 0 Å². The Bertz CT molecular complexity index is 1400. The molecule has 0 aliphatic heterocycles. The van der Waals surface area contributed by atoms with Crippen molar-refractivity contribution in [2.24, 2.45) is 5.11 Å².